The topological polar surface area (TPSA) is 42.4 Å². The molecule has 1 aliphatic rings. The number of hydrogen-bond donors (Lipinski definition) is 1. The number of rotatable bonds is 3. The molecule has 4 heteroatoms. The van der Waals surface area contributed by atoms with E-state index < -0.39 is 0 Å². The van der Waals surface area contributed by atoms with Crippen molar-refractivity contribution in [3.8, 4) is 0 Å². The molecule has 0 saturated carbocycles. The minimum absolute atomic E-state index is 0.530. The second-order valence-corrected chi connectivity index (χ2v) is 4.84. The van der Waals surface area contributed by atoms with Crippen LogP contribution in [-0.4, -0.2) is 24.0 Å². The number of nitrogens with two attached hydrogens (primary N) is 1. The maximum Gasteiger partial charge on any atom is 0.169 e. The first kappa shape index (κ1) is 11.2. The first-order valence-electron chi connectivity index (χ1n) is 5.48. The molecule has 1 aliphatic heterocycles. The van der Waals surface area contributed by atoms with Crippen LogP contribution in [0.5, 0.6) is 0 Å². The molecule has 2 heterocycles. The number of halogens is 1. The van der Waals surface area contributed by atoms with Crippen LogP contribution in [-0.2, 0) is 6.54 Å². The van der Waals surface area contributed by atoms with Crippen molar-refractivity contribution in [1.29, 1.82) is 0 Å². The van der Waals surface area contributed by atoms with Crippen LogP contribution in [0.2, 0.25) is 0 Å². The summed E-state index contributed by atoms with van der Waals surface area (Å²) in [5.41, 5.74) is 5.77. The van der Waals surface area contributed by atoms with Crippen molar-refractivity contribution in [3.05, 3.63) is 22.6 Å². The van der Waals surface area contributed by atoms with Gasteiger partial charge in [-0.2, -0.15) is 0 Å². The Kier molecular flexibility index (Phi) is 3.83. The van der Waals surface area contributed by atoms with E-state index in [4.69, 9.17) is 10.2 Å². The van der Waals surface area contributed by atoms with Gasteiger partial charge in [0.05, 0.1) is 6.54 Å². The van der Waals surface area contributed by atoms with E-state index in [-0.39, 0.29) is 0 Å². The van der Waals surface area contributed by atoms with Gasteiger partial charge in [0, 0.05) is 12.6 Å². The van der Waals surface area contributed by atoms with Gasteiger partial charge in [-0.05, 0) is 47.4 Å². The zero-order valence-electron chi connectivity index (χ0n) is 8.79. The zero-order valence-corrected chi connectivity index (χ0v) is 10.4. The van der Waals surface area contributed by atoms with E-state index in [1.807, 2.05) is 12.1 Å². The van der Waals surface area contributed by atoms with Crippen LogP contribution in [0.3, 0.4) is 0 Å². The monoisotopic (exact) mass is 272 g/mol. The maximum atomic E-state index is 5.77. The van der Waals surface area contributed by atoms with Gasteiger partial charge in [-0.15, -0.1) is 0 Å². The molecule has 1 aromatic heterocycles. The molecule has 1 aromatic rings. The van der Waals surface area contributed by atoms with Gasteiger partial charge < -0.3 is 10.2 Å². The fourth-order valence-electron chi connectivity index (χ4n) is 2.17. The van der Waals surface area contributed by atoms with Crippen LogP contribution in [0.1, 0.15) is 25.0 Å². The largest absolute Gasteiger partial charge is 0.453 e. The molecular formula is C11H17BrN2O. The molecule has 1 saturated heterocycles. The van der Waals surface area contributed by atoms with Gasteiger partial charge in [0.15, 0.2) is 4.67 Å². The highest BCUT2D eigenvalue weighted by atomic mass is 79.9. The lowest BCUT2D eigenvalue weighted by Crippen LogP contribution is -2.43. The van der Waals surface area contributed by atoms with Crippen LogP contribution in [0, 0.1) is 0 Å². The Morgan fingerprint density at radius 3 is 3.00 bits per heavy atom. The first-order valence-corrected chi connectivity index (χ1v) is 6.27. The third kappa shape index (κ3) is 2.83. The molecule has 1 fully saturated rings. The lowest BCUT2D eigenvalue weighted by atomic mass is 10.0. The summed E-state index contributed by atoms with van der Waals surface area (Å²) in [5, 5.41) is 0. The molecule has 0 radical (unpaired) electrons. The second-order valence-electron chi connectivity index (χ2n) is 4.06. The average molecular weight is 273 g/mol. The van der Waals surface area contributed by atoms with E-state index in [0.29, 0.717) is 6.04 Å². The Morgan fingerprint density at radius 2 is 2.33 bits per heavy atom. The van der Waals surface area contributed by atoms with Crippen molar-refractivity contribution in [2.75, 3.05) is 13.1 Å². The third-order valence-corrected chi connectivity index (χ3v) is 3.44. The predicted octanol–water partition coefficient (Wildman–Crippen LogP) is 2.36. The van der Waals surface area contributed by atoms with Crippen LogP contribution in [0.4, 0.5) is 0 Å². The average Bonchev–Trinajstić information content (AvgIpc) is 2.65. The quantitative estimate of drug-likeness (QED) is 0.919. The van der Waals surface area contributed by atoms with Crippen molar-refractivity contribution >= 4 is 15.9 Å². The Labute approximate surface area is 98.7 Å². The van der Waals surface area contributed by atoms with E-state index in [1.165, 1.54) is 19.3 Å². The highest BCUT2D eigenvalue weighted by Crippen LogP contribution is 2.21. The van der Waals surface area contributed by atoms with Gasteiger partial charge in [-0.1, -0.05) is 6.42 Å². The lowest BCUT2D eigenvalue weighted by Gasteiger charge is -2.34. The molecule has 0 aromatic carbocycles. The number of piperidine rings is 1. The highest BCUT2D eigenvalue weighted by molar-refractivity contribution is 9.10. The summed E-state index contributed by atoms with van der Waals surface area (Å²) < 4.78 is 6.32. The Bertz CT molecular complexity index is 313. The molecular weight excluding hydrogens is 256 g/mol. The number of hydrogen-bond acceptors (Lipinski definition) is 3. The predicted molar refractivity (Wildman–Crippen MR) is 63.5 cm³/mol. The molecule has 0 spiro atoms. The van der Waals surface area contributed by atoms with E-state index in [0.717, 1.165) is 30.1 Å². The maximum absolute atomic E-state index is 5.77. The van der Waals surface area contributed by atoms with Crippen LogP contribution < -0.4 is 5.73 Å². The standard InChI is InChI=1S/C11H17BrN2O/c12-11-5-4-10(15-11)8-14-6-2-1-3-9(14)7-13/h4-5,9H,1-3,6-8,13H2. The Balaban J connectivity index is 1.97. The molecule has 0 amide bonds. The molecule has 84 valence electrons. The number of likely N-dealkylation sites (tertiary alicyclic amines) is 1. The van der Waals surface area contributed by atoms with E-state index in [1.54, 1.807) is 0 Å². The SMILES string of the molecule is NCC1CCCCN1Cc1ccc(Br)o1. The summed E-state index contributed by atoms with van der Waals surface area (Å²) in [6.45, 7) is 2.77. The Hall–Kier alpha value is -0.320. The minimum Gasteiger partial charge on any atom is -0.453 e. The summed E-state index contributed by atoms with van der Waals surface area (Å²) in [4.78, 5) is 2.43. The van der Waals surface area contributed by atoms with Gasteiger partial charge in [-0.3, -0.25) is 4.90 Å². The van der Waals surface area contributed by atoms with Crippen LogP contribution in [0.15, 0.2) is 21.2 Å². The molecule has 0 aliphatic carbocycles. The number of furan rings is 1. The van der Waals surface area contributed by atoms with E-state index in [2.05, 4.69) is 20.8 Å². The van der Waals surface area contributed by atoms with Gasteiger partial charge in [-0.25, -0.2) is 0 Å². The highest BCUT2D eigenvalue weighted by Gasteiger charge is 2.21. The van der Waals surface area contributed by atoms with E-state index in [9.17, 15) is 0 Å². The van der Waals surface area contributed by atoms with Crippen LogP contribution >= 0.6 is 15.9 Å². The van der Waals surface area contributed by atoms with Crippen molar-refractivity contribution in [1.82, 2.24) is 4.90 Å². The normalized spacial score (nSPS) is 23.2. The smallest absolute Gasteiger partial charge is 0.169 e. The fraction of sp³-hybridized carbons (Fsp3) is 0.636. The first-order chi connectivity index (χ1) is 7.29. The molecule has 15 heavy (non-hydrogen) atoms. The second kappa shape index (κ2) is 5.14. The summed E-state index contributed by atoms with van der Waals surface area (Å²) >= 11 is 3.32. The summed E-state index contributed by atoms with van der Waals surface area (Å²) in [5.74, 6) is 1.02. The van der Waals surface area contributed by atoms with Gasteiger partial charge in [0.1, 0.15) is 5.76 Å². The Morgan fingerprint density at radius 1 is 1.47 bits per heavy atom. The van der Waals surface area contributed by atoms with Crippen molar-refractivity contribution in [3.63, 3.8) is 0 Å². The minimum atomic E-state index is 0.530. The molecule has 1 unspecified atom stereocenters. The van der Waals surface area contributed by atoms with Crippen molar-refractivity contribution in [2.24, 2.45) is 5.73 Å². The van der Waals surface area contributed by atoms with Gasteiger partial charge in [0.2, 0.25) is 0 Å². The molecule has 2 N–H and O–H groups in total. The van der Waals surface area contributed by atoms with Crippen molar-refractivity contribution < 1.29 is 4.42 Å². The lowest BCUT2D eigenvalue weighted by molar-refractivity contribution is 0.134. The molecule has 1 atom stereocenters. The summed E-state index contributed by atoms with van der Waals surface area (Å²) in [7, 11) is 0. The third-order valence-electron chi connectivity index (χ3n) is 3.01. The molecule has 0 bridgehead atoms. The summed E-state index contributed by atoms with van der Waals surface area (Å²) in [6.07, 6.45) is 3.80. The fourth-order valence-corrected chi connectivity index (χ4v) is 2.51. The molecule has 3 nitrogen and oxygen atoms in total. The van der Waals surface area contributed by atoms with Gasteiger partial charge in [0.25, 0.3) is 0 Å². The summed E-state index contributed by atoms with van der Waals surface area (Å²) in [6, 6.07) is 4.49. The number of nitrogens with zero attached hydrogens (tertiary/aromatic N) is 1. The van der Waals surface area contributed by atoms with Crippen LogP contribution in [0.25, 0.3) is 0 Å². The zero-order chi connectivity index (χ0) is 10.7. The van der Waals surface area contributed by atoms with E-state index >= 15 is 0 Å². The van der Waals surface area contributed by atoms with Gasteiger partial charge >= 0.3 is 0 Å². The molecule has 2 rings (SSSR count). The van der Waals surface area contributed by atoms with Crippen molar-refractivity contribution in [2.45, 2.75) is 31.8 Å².